The van der Waals surface area contributed by atoms with Crippen LogP contribution in [-0.4, -0.2) is 51.3 Å². The summed E-state index contributed by atoms with van der Waals surface area (Å²) in [5.74, 6) is 0. The monoisotopic (exact) mass is 230 g/mol. The Bertz CT molecular complexity index is 191. The van der Waals surface area contributed by atoms with Gasteiger partial charge >= 0.3 is 0 Å². The molecule has 2 saturated heterocycles. The van der Waals surface area contributed by atoms with E-state index in [9.17, 15) is 0 Å². The lowest BCUT2D eigenvalue weighted by atomic mass is 10.0. The Labute approximate surface area is 97.2 Å². The molecule has 0 spiro atoms. The molecule has 0 bridgehead atoms. The second-order valence-electron chi connectivity index (χ2n) is 4.37. The van der Waals surface area contributed by atoms with Crippen LogP contribution < -0.4 is 0 Å². The van der Waals surface area contributed by atoms with Crippen molar-refractivity contribution in [1.29, 1.82) is 0 Å². The Morgan fingerprint density at radius 2 is 1.81 bits per heavy atom. The molecule has 0 amide bonds. The summed E-state index contributed by atoms with van der Waals surface area (Å²) in [6.07, 6.45) is 3.71. The van der Waals surface area contributed by atoms with Gasteiger partial charge in [-0.15, -0.1) is 0 Å². The van der Waals surface area contributed by atoms with Gasteiger partial charge in [-0.1, -0.05) is 19.8 Å². The molecule has 0 saturated carbocycles. The molecule has 0 radical (unpaired) electrons. The molecule has 0 aliphatic carbocycles. The smallest absolute Gasteiger partial charge is 0.112 e. The van der Waals surface area contributed by atoms with E-state index < -0.39 is 0 Å². The van der Waals surface area contributed by atoms with Gasteiger partial charge in [-0.25, -0.2) is 0 Å². The van der Waals surface area contributed by atoms with Gasteiger partial charge in [-0.2, -0.15) is 0 Å². The summed E-state index contributed by atoms with van der Waals surface area (Å²) in [6.45, 7) is 5.58. The van der Waals surface area contributed by atoms with Crippen LogP contribution in [0.2, 0.25) is 0 Å². The van der Waals surface area contributed by atoms with E-state index in [2.05, 4.69) is 6.92 Å². The van der Waals surface area contributed by atoms with Crippen molar-refractivity contribution < 1.29 is 18.9 Å². The summed E-state index contributed by atoms with van der Waals surface area (Å²) in [4.78, 5) is 0. The average Bonchev–Trinajstić information content (AvgIpc) is 2.38. The SMILES string of the molecule is CCCC[C@H]1OCCO[C@H]1[C@@H]1COCCO1. The van der Waals surface area contributed by atoms with Gasteiger partial charge in [0.2, 0.25) is 0 Å². The number of hydrogen-bond donors (Lipinski definition) is 0. The van der Waals surface area contributed by atoms with Crippen molar-refractivity contribution in [3.05, 3.63) is 0 Å². The molecular weight excluding hydrogens is 208 g/mol. The molecule has 0 aromatic heterocycles. The molecule has 94 valence electrons. The molecule has 16 heavy (non-hydrogen) atoms. The fourth-order valence-electron chi connectivity index (χ4n) is 2.28. The predicted octanol–water partition coefficient (Wildman–Crippen LogP) is 1.38. The number of ether oxygens (including phenoxy) is 4. The Kier molecular flexibility index (Phi) is 5.03. The Balaban J connectivity index is 1.86. The lowest BCUT2D eigenvalue weighted by Crippen LogP contribution is -2.50. The molecule has 4 nitrogen and oxygen atoms in total. The van der Waals surface area contributed by atoms with Crippen LogP contribution in [0.1, 0.15) is 26.2 Å². The second-order valence-corrected chi connectivity index (χ2v) is 4.37. The van der Waals surface area contributed by atoms with Crippen molar-refractivity contribution in [2.45, 2.75) is 44.5 Å². The zero-order valence-corrected chi connectivity index (χ0v) is 10.0. The van der Waals surface area contributed by atoms with Crippen LogP contribution in [0.5, 0.6) is 0 Å². The van der Waals surface area contributed by atoms with Crippen molar-refractivity contribution in [1.82, 2.24) is 0 Å². The highest BCUT2D eigenvalue weighted by molar-refractivity contribution is 4.83. The first kappa shape index (κ1) is 12.3. The second kappa shape index (κ2) is 6.55. The molecule has 2 heterocycles. The molecule has 2 aliphatic heterocycles. The molecule has 2 rings (SSSR count). The molecule has 0 N–H and O–H groups in total. The maximum absolute atomic E-state index is 5.80. The van der Waals surface area contributed by atoms with E-state index in [1.165, 1.54) is 12.8 Å². The van der Waals surface area contributed by atoms with E-state index in [4.69, 9.17) is 18.9 Å². The van der Waals surface area contributed by atoms with E-state index in [1.807, 2.05) is 0 Å². The van der Waals surface area contributed by atoms with Crippen LogP contribution in [0.3, 0.4) is 0 Å². The van der Waals surface area contributed by atoms with E-state index in [0.717, 1.165) is 6.42 Å². The van der Waals surface area contributed by atoms with Gasteiger partial charge in [-0.05, 0) is 6.42 Å². The first-order chi connectivity index (χ1) is 7.92. The van der Waals surface area contributed by atoms with Gasteiger partial charge in [-0.3, -0.25) is 0 Å². The van der Waals surface area contributed by atoms with Crippen molar-refractivity contribution >= 4 is 0 Å². The summed E-state index contributed by atoms with van der Waals surface area (Å²) in [7, 11) is 0. The van der Waals surface area contributed by atoms with Crippen molar-refractivity contribution in [3.63, 3.8) is 0 Å². The van der Waals surface area contributed by atoms with E-state index in [0.29, 0.717) is 33.0 Å². The summed E-state index contributed by atoms with van der Waals surface area (Å²) in [5.41, 5.74) is 0. The van der Waals surface area contributed by atoms with E-state index in [-0.39, 0.29) is 18.3 Å². The number of unbranched alkanes of at least 4 members (excludes halogenated alkanes) is 1. The Hall–Kier alpha value is -0.160. The highest BCUT2D eigenvalue weighted by Gasteiger charge is 2.35. The molecule has 0 aromatic carbocycles. The fraction of sp³-hybridized carbons (Fsp3) is 1.00. The quantitative estimate of drug-likeness (QED) is 0.731. The lowest BCUT2D eigenvalue weighted by Gasteiger charge is -2.38. The van der Waals surface area contributed by atoms with Crippen molar-refractivity contribution in [2.24, 2.45) is 0 Å². The topological polar surface area (TPSA) is 36.9 Å². The maximum atomic E-state index is 5.80. The van der Waals surface area contributed by atoms with Crippen LogP contribution in [0.4, 0.5) is 0 Å². The zero-order chi connectivity index (χ0) is 11.2. The predicted molar refractivity (Wildman–Crippen MR) is 59.6 cm³/mol. The van der Waals surface area contributed by atoms with Crippen LogP contribution in [0.25, 0.3) is 0 Å². The van der Waals surface area contributed by atoms with Gasteiger partial charge in [0.1, 0.15) is 12.2 Å². The third-order valence-corrected chi connectivity index (χ3v) is 3.14. The summed E-state index contributed by atoms with van der Waals surface area (Å²) >= 11 is 0. The minimum Gasteiger partial charge on any atom is -0.376 e. The van der Waals surface area contributed by atoms with Gasteiger partial charge < -0.3 is 18.9 Å². The molecular formula is C12H22O4. The van der Waals surface area contributed by atoms with Gasteiger partial charge in [0.05, 0.1) is 39.1 Å². The van der Waals surface area contributed by atoms with Crippen molar-refractivity contribution in [3.8, 4) is 0 Å². The molecule has 0 aromatic rings. The highest BCUT2D eigenvalue weighted by Crippen LogP contribution is 2.22. The molecule has 4 heteroatoms. The third-order valence-electron chi connectivity index (χ3n) is 3.14. The minimum atomic E-state index is 0.0518. The van der Waals surface area contributed by atoms with Crippen molar-refractivity contribution in [2.75, 3.05) is 33.0 Å². The Morgan fingerprint density at radius 1 is 1.00 bits per heavy atom. The van der Waals surface area contributed by atoms with Gasteiger partial charge in [0.15, 0.2) is 0 Å². The lowest BCUT2D eigenvalue weighted by molar-refractivity contribution is -0.215. The summed E-state index contributed by atoms with van der Waals surface area (Å²) in [6, 6.07) is 0. The maximum Gasteiger partial charge on any atom is 0.112 e. The standard InChI is InChI=1S/C12H22O4/c1-2-3-4-10-12(16-8-7-14-10)11-9-13-5-6-15-11/h10-12H,2-9H2,1H3/t10-,11+,12-/m1/s1. The first-order valence-electron chi connectivity index (χ1n) is 6.34. The van der Waals surface area contributed by atoms with Gasteiger partial charge in [0, 0.05) is 0 Å². The van der Waals surface area contributed by atoms with Crippen LogP contribution in [-0.2, 0) is 18.9 Å². The molecule has 2 fully saturated rings. The largest absolute Gasteiger partial charge is 0.376 e. The fourth-order valence-corrected chi connectivity index (χ4v) is 2.28. The third kappa shape index (κ3) is 3.17. The number of rotatable bonds is 4. The van der Waals surface area contributed by atoms with Crippen LogP contribution in [0.15, 0.2) is 0 Å². The zero-order valence-electron chi connectivity index (χ0n) is 10.0. The normalized spacial score (nSPS) is 36.2. The van der Waals surface area contributed by atoms with Crippen LogP contribution >= 0.6 is 0 Å². The first-order valence-corrected chi connectivity index (χ1v) is 6.34. The Morgan fingerprint density at radius 3 is 2.56 bits per heavy atom. The highest BCUT2D eigenvalue weighted by atomic mass is 16.6. The minimum absolute atomic E-state index is 0.0518. The molecule has 0 unspecified atom stereocenters. The average molecular weight is 230 g/mol. The summed E-state index contributed by atoms with van der Waals surface area (Å²) in [5, 5.41) is 0. The van der Waals surface area contributed by atoms with E-state index in [1.54, 1.807) is 0 Å². The van der Waals surface area contributed by atoms with E-state index >= 15 is 0 Å². The molecule has 3 atom stereocenters. The number of hydrogen-bond acceptors (Lipinski definition) is 4. The van der Waals surface area contributed by atoms with Gasteiger partial charge in [0.25, 0.3) is 0 Å². The molecule has 2 aliphatic rings. The van der Waals surface area contributed by atoms with Crippen LogP contribution in [0, 0.1) is 0 Å². The summed E-state index contributed by atoms with van der Waals surface area (Å²) < 4.78 is 22.7.